The van der Waals surface area contributed by atoms with Gasteiger partial charge in [0.05, 0.1) is 12.7 Å². The fraction of sp³-hybridized carbons (Fsp3) is 1.00. The summed E-state index contributed by atoms with van der Waals surface area (Å²) in [5.74, 6) is 1.97. The summed E-state index contributed by atoms with van der Waals surface area (Å²) < 4.78 is 5.58. The first-order chi connectivity index (χ1) is 4.33. The van der Waals surface area contributed by atoms with Crippen LogP contribution in [0.25, 0.3) is 0 Å². The van der Waals surface area contributed by atoms with Crippen molar-refractivity contribution in [2.24, 2.45) is 17.3 Å². The fourth-order valence-electron chi connectivity index (χ4n) is 2.56. The van der Waals surface area contributed by atoms with Gasteiger partial charge in [-0.05, 0) is 24.7 Å². The van der Waals surface area contributed by atoms with Gasteiger partial charge in [0, 0.05) is 5.41 Å². The minimum absolute atomic E-state index is 0.704. The summed E-state index contributed by atoms with van der Waals surface area (Å²) >= 11 is 0. The average Bonchev–Trinajstić information content (AvgIpc) is 2.64. The largest absolute Gasteiger partial charge is 0.377 e. The number of rotatable bonds is 0. The van der Waals surface area contributed by atoms with Crippen LogP contribution in [0.1, 0.15) is 19.8 Å². The van der Waals surface area contributed by atoms with Crippen LogP contribution in [0.3, 0.4) is 0 Å². The molecule has 1 spiro atoms. The quantitative estimate of drug-likeness (QED) is 0.474. The molecule has 1 heteroatoms. The van der Waals surface area contributed by atoms with E-state index in [2.05, 4.69) is 6.92 Å². The molecule has 9 heavy (non-hydrogen) atoms. The second kappa shape index (κ2) is 1.07. The molecule has 0 aromatic carbocycles. The summed E-state index contributed by atoms with van der Waals surface area (Å²) in [5, 5.41) is 0. The summed E-state index contributed by atoms with van der Waals surface area (Å²) in [6.45, 7) is 3.45. The van der Waals surface area contributed by atoms with Crippen LogP contribution >= 0.6 is 0 Å². The lowest BCUT2D eigenvalue weighted by molar-refractivity contribution is 0.130. The van der Waals surface area contributed by atoms with Gasteiger partial charge in [-0.25, -0.2) is 0 Å². The number of ether oxygens (including phenoxy) is 1. The molecule has 3 aliphatic rings. The summed E-state index contributed by atoms with van der Waals surface area (Å²) in [5.41, 5.74) is 0.713. The second-order valence-electron chi connectivity index (χ2n) is 4.03. The standard InChI is InChI=1S/C8H12O/c1-5-3-8(5)4-9-7-2-6(7)8/h5-7H,2-4H2,1H3. The van der Waals surface area contributed by atoms with Crippen molar-refractivity contribution >= 4 is 0 Å². The van der Waals surface area contributed by atoms with Gasteiger partial charge in [-0.15, -0.1) is 0 Å². The molecule has 0 amide bonds. The molecule has 1 aliphatic heterocycles. The van der Waals surface area contributed by atoms with Crippen molar-refractivity contribution in [2.75, 3.05) is 6.61 Å². The maximum atomic E-state index is 5.58. The summed E-state index contributed by atoms with van der Waals surface area (Å²) in [4.78, 5) is 0. The molecule has 4 atom stereocenters. The van der Waals surface area contributed by atoms with Crippen LogP contribution in [0.15, 0.2) is 0 Å². The van der Waals surface area contributed by atoms with Gasteiger partial charge in [-0.3, -0.25) is 0 Å². The van der Waals surface area contributed by atoms with Crippen molar-refractivity contribution in [3.05, 3.63) is 0 Å². The molecule has 0 radical (unpaired) electrons. The molecule has 4 unspecified atom stereocenters. The van der Waals surface area contributed by atoms with Crippen molar-refractivity contribution in [3.8, 4) is 0 Å². The van der Waals surface area contributed by atoms with Gasteiger partial charge < -0.3 is 4.74 Å². The van der Waals surface area contributed by atoms with E-state index in [1.54, 1.807) is 0 Å². The molecule has 3 rings (SSSR count). The summed E-state index contributed by atoms with van der Waals surface area (Å²) in [6, 6.07) is 0. The topological polar surface area (TPSA) is 9.23 Å². The van der Waals surface area contributed by atoms with E-state index in [4.69, 9.17) is 4.74 Å². The smallest absolute Gasteiger partial charge is 0.0614 e. The monoisotopic (exact) mass is 124 g/mol. The predicted octanol–water partition coefficient (Wildman–Crippen LogP) is 1.43. The normalized spacial score (nSPS) is 68.3. The van der Waals surface area contributed by atoms with Gasteiger partial charge in [0.25, 0.3) is 0 Å². The van der Waals surface area contributed by atoms with E-state index in [9.17, 15) is 0 Å². The van der Waals surface area contributed by atoms with Gasteiger partial charge in [-0.1, -0.05) is 6.92 Å². The molecular weight excluding hydrogens is 112 g/mol. The highest BCUT2D eigenvalue weighted by atomic mass is 16.5. The molecular formula is C8H12O. The zero-order valence-electron chi connectivity index (χ0n) is 5.76. The van der Waals surface area contributed by atoms with Gasteiger partial charge in [0.15, 0.2) is 0 Å². The lowest BCUT2D eigenvalue weighted by atomic mass is 10.0. The van der Waals surface area contributed by atoms with E-state index in [-0.39, 0.29) is 0 Å². The first-order valence-corrected chi connectivity index (χ1v) is 3.94. The van der Waals surface area contributed by atoms with Crippen molar-refractivity contribution in [1.29, 1.82) is 0 Å². The molecule has 0 N–H and O–H groups in total. The van der Waals surface area contributed by atoms with E-state index in [1.165, 1.54) is 12.8 Å². The van der Waals surface area contributed by atoms with Crippen molar-refractivity contribution < 1.29 is 4.74 Å². The zero-order valence-corrected chi connectivity index (χ0v) is 5.76. The second-order valence-corrected chi connectivity index (χ2v) is 4.03. The lowest BCUT2D eigenvalue weighted by Crippen LogP contribution is -2.07. The third kappa shape index (κ3) is 0.389. The predicted molar refractivity (Wildman–Crippen MR) is 34.1 cm³/mol. The Morgan fingerprint density at radius 3 is 2.56 bits per heavy atom. The minimum atomic E-state index is 0.704. The molecule has 0 aromatic rings. The Balaban J connectivity index is 1.93. The molecule has 0 bridgehead atoms. The molecule has 50 valence electrons. The van der Waals surface area contributed by atoms with E-state index in [1.807, 2.05) is 0 Å². The Bertz CT molecular complexity index is 166. The molecule has 1 saturated heterocycles. The summed E-state index contributed by atoms with van der Waals surface area (Å²) in [7, 11) is 0. The molecule has 3 fully saturated rings. The van der Waals surface area contributed by atoms with Crippen molar-refractivity contribution in [3.63, 3.8) is 0 Å². The lowest BCUT2D eigenvalue weighted by Gasteiger charge is -2.05. The average molecular weight is 124 g/mol. The van der Waals surface area contributed by atoms with Crippen LogP contribution in [0.4, 0.5) is 0 Å². The molecule has 1 heterocycles. The van der Waals surface area contributed by atoms with E-state index in [0.29, 0.717) is 11.5 Å². The van der Waals surface area contributed by atoms with Crippen LogP contribution in [0.5, 0.6) is 0 Å². The number of hydrogen-bond acceptors (Lipinski definition) is 1. The fourth-order valence-corrected chi connectivity index (χ4v) is 2.56. The Morgan fingerprint density at radius 2 is 2.33 bits per heavy atom. The highest BCUT2D eigenvalue weighted by Crippen LogP contribution is 2.70. The number of hydrogen-bond donors (Lipinski definition) is 0. The Kier molecular flexibility index (Phi) is 0.563. The first-order valence-electron chi connectivity index (χ1n) is 3.94. The third-order valence-corrected chi connectivity index (χ3v) is 3.54. The van der Waals surface area contributed by atoms with Gasteiger partial charge >= 0.3 is 0 Å². The van der Waals surface area contributed by atoms with E-state index in [0.717, 1.165) is 18.4 Å². The van der Waals surface area contributed by atoms with E-state index >= 15 is 0 Å². The van der Waals surface area contributed by atoms with Crippen LogP contribution in [0.2, 0.25) is 0 Å². The van der Waals surface area contributed by atoms with Crippen molar-refractivity contribution in [2.45, 2.75) is 25.9 Å². The van der Waals surface area contributed by atoms with Gasteiger partial charge in [-0.2, -0.15) is 0 Å². The van der Waals surface area contributed by atoms with Gasteiger partial charge in [0.1, 0.15) is 0 Å². The molecule has 2 aliphatic carbocycles. The third-order valence-electron chi connectivity index (χ3n) is 3.54. The molecule has 1 nitrogen and oxygen atoms in total. The molecule has 2 saturated carbocycles. The highest BCUT2D eigenvalue weighted by Gasteiger charge is 2.69. The summed E-state index contributed by atoms with van der Waals surface area (Å²) in [6.07, 6.45) is 3.54. The highest BCUT2D eigenvalue weighted by molar-refractivity contribution is 5.16. The zero-order chi connectivity index (χ0) is 6.06. The van der Waals surface area contributed by atoms with Crippen LogP contribution in [0, 0.1) is 17.3 Å². The van der Waals surface area contributed by atoms with Gasteiger partial charge in [0.2, 0.25) is 0 Å². The number of fused-ring (bicyclic) bond motifs is 2. The molecule has 0 aromatic heterocycles. The van der Waals surface area contributed by atoms with Crippen LogP contribution < -0.4 is 0 Å². The Morgan fingerprint density at radius 1 is 1.56 bits per heavy atom. The van der Waals surface area contributed by atoms with Crippen molar-refractivity contribution in [1.82, 2.24) is 0 Å². The SMILES string of the molecule is CC1CC12COC1CC12. The van der Waals surface area contributed by atoms with Crippen LogP contribution in [-0.2, 0) is 4.74 Å². The minimum Gasteiger partial charge on any atom is -0.377 e. The maximum absolute atomic E-state index is 5.58. The van der Waals surface area contributed by atoms with E-state index < -0.39 is 0 Å². The first kappa shape index (κ1) is 4.73. The van der Waals surface area contributed by atoms with Crippen LogP contribution in [-0.4, -0.2) is 12.7 Å². The Hall–Kier alpha value is -0.0400. The maximum Gasteiger partial charge on any atom is 0.0614 e. The Labute approximate surface area is 55.4 Å².